The van der Waals surface area contributed by atoms with Crippen LogP contribution in [0.5, 0.6) is 0 Å². The summed E-state index contributed by atoms with van der Waals surface area (Å²) in [6.45, 7) is 49.5. The van der Waals surface area contributed by atoms with Gasteiger partial charge in [0.05, 0.1) is 0 Å². The van der Waals surface area contributed by atoms with E-state index in [1.54, 1.807) is 44.6 Å². The van der Waals surface area contributed by atoms with Crippen LogP contribution in [-0.4, -0.2) is 99.6 Å². The van der Waals surface area contributed by atoms with Crippen LogP contribution in [0.15, 0.2) is 102 Å². The predicted octanol–water partition coefficient (Wildman–Crippen LogP) is 19.8. The van der Waals surface area contributed by atoms with Gasteiger partial charge in [0.25, 0.3) is 0 Å². The van der Waals surface area contributed by atoms with Crippen LogP contribution in [0.25, 0.3) is 0 Å². The average molecular weight is 1150 g/mol. The van der Waals surface area contributed by atoms with Crippen molar-refractivity contribution in [3.05, 3.63) is 102 Å². The summed E-state index contributed by atoms with van der Waals surface area (Å²) >= 11 is 3.97. The van der Waals surface area contributed by atoms with Gasteiger partial charge in [-0.3, -0.25) is 0 Å². The molecule has 80 heavy (non-hydrogen) atoms. The first-order valence-corrected chi connectivity index (χ1v) is 34.7. The molecule has 0 spiro atoms. The SMILES string of the molecule is CC1=C(C)CCC1.CC1=C(C)CCCC1.CC1=C(C)CCCCC1.CC1=C(C)CNCC1.CC1=C(C)CNCC1.CC1=C(C)NCCC1.CC1=C(C)NCCC1.CC1=CSCCN1C.CC1CC=CCC1C.CC1CSCCN1C. The fourth-order valence-corrected chi connectivity index (χ4v) is 12.0. The van der Waals surface area contributed by atoms with Crippen LogP contribution < -0.4 is 21.3 Å². The molecule has 10 rings (SSSR count). The molecule has 6 aliphatic heterocycles. The van der Waals surface area contributed by atoms with Gasteiger partial charge in [0.1, 0.15) is 0 Å². The Hall–Kier alpha value is -2.36. The van der Waals surface area contributed by atoms with Crippen molar-refractivity contribution in [2.75, 3.05) is 83.7 Å². The van der Waals surface area contributed by atoms with E-state index in [9.17, 15) is 0 Å². The smallest absolute Gasteiger partial charge is 0.0266 e. The molecule has 0 aromatic heterocycles. The van der Waals surface area contributed by atoms with Crippen molar-refractivity contribution >= 4 is 23.5 Å². The molecule has 6 nitrogen and oxygen atoms in total. The molecule has 4 N–H and O–H groups in total. The molecule has 0 bridgehead atoms. The van der Waals surface area contributed by atoms with E-state index in [0.29, 0.717) is 0 Å². The molecule has 1 saturated heterocycles. The second-order valence-corrected chi connectivity index (χ2v) is 27.6. The molecule has 3 unspecified atom stereocenters. The topological polar surface area (TPSA) is 54.6 Å². The van der Waals surface area contributed by atoms with E-state index in [-0.39, 0.29) is 0 Å². The van der Waals surface area contributed by atoms with Gasteiger partial charge in [-0.1, -0.05) is 99.3 Å². The Morgan fingerprint density at radius 3 is 1.02 bits per heavy atom. The summed E-state index contributed by atoms with van der Waals surface area (Å²) in [5.74, 6) is 5.71. The third-order valence-electron chi connectivity index (χ3n) is 18.6. The van der Waals surface area contributed by atoms with E-state index in [1.165, 1.54) is 224 Å². The minimum absolute atomic E-state index is 0.800. The standard InChI is InChI=1S/C9H16.2C8H14.4C7H13N.C7H12.C6H13NS.C6H11NS/c1-8-6-4-3-5-7-9(8)2;2*1-7-5-3-4-6-8(7)2;2*1-6-3-4-8-5-7(6)2;2*1-6-4-3-5-8-7(6)2;1-6-4-3-5-7(6)2;2*1-6-5-8-4-3-7(6)2/h3-7H2,1-2H3;3-6H2,1-2H3;3-4,7-8H,5-6H2,1-2H3;4*8H,3-5H2,1-2H3;3-5H2,1-2H3;6H,3-5H2,1-2H3;5H,3-4H2,1-2H3. The van der Waals surface area contributed by atoms with E-state index < -0.39 is 0 Å². The van der Waals surface area contributed by atoms with Crippen molar-refractivity contribution in [3.63, 3.8) is 0 Å². The molecule has 10 aliphatic rings. The number of hydrogen-bond acceptors (Lipinski definition) is 8. The highest BCUT2D eigenvalue weighted by atomic mass is 32.2. The van der Waals surface area contributed by atoms with E-state index in [2.05, 4.69) is 199 Å². The highest BCUT2D eigenvalue weighted by molar-refractivity contribution is 8.02. The third-order valence-corrected chi connectivity index (χ3v) is 20.7. The third kappa shape index (κ3) is 36.4. The lowest BCUT2D eigenvalue weighted by molar-refractivity contribution is 0.287. The second kappa shape index (κ2) is 46.0. The summed E-state index contributed by atoms with van der Waals surface area (Å²) in [6.07, 6.45) is 31.5. The lowest BCUT2D eigenvalue weighted by atomic mass is 9.86. The van der Waals surface area contributed by atoms with Gasteiger partial charge in [0.2, 0.25) is 0 Å². The fraction of sp³-hybridized carbons (Fsp3) is 0.750. The maximum Gasteiger partial charge on any atom is 0.0266 e. The minimum atomic E-state index is 0.800. The molecule has 0 radical (unpaired) electrons. The first-order chi connectivity index (χ1) is 38.0. The maximum atomic E-state index is 3.31. The van der Waals surface area contributed by atoms with Crippen molar-refractivity contribution in [2.45, 2.75) is 259 Å². The van der Waals surface area contributed by atoms with Gasteiger partial charge < -0.3 is 31.1 Å². The van der Waals surface area contributed by atoms with E-state index in [4.69, 9.17) is 0 Å². The van der Waals surface area contributed by atoms with Gasteiger partial charge >= 0.3 is 0 Å². The van der Waals surface area contributed by atoms with Crippen LogP contribution in [0.4, 0.5) is 0 Å². The van der Waals surface area contributed by atoms with Gasteiger partial charge in [-0.15, -0.1) is 11.8 Å². The Balaban J connectivity index is 0.000000445. The van der Waals surface area contributed by atoms with Crippen molar-refractivity contribution in [1.82, 2.24) is 31.1 Å². The summed E-state index contributed by atoms with van der Waals surface area (Å²) in [7, 11) is 4.33. The molecule has 462 valence electrons. The first-order valence-electron chi connectivity index (χ1n) is 32.5. The zero-order chi connectivity index (χ0) is 59.8. The van der Waals surface area contributed by atoms with Crippen LogP contribution in [0.2, 0.25) is 0 Å². The summed E-state index contributed by atoms with van der Waals surface area (Å²) < 4.78 is 0. The number of allylic oxidation sites excluding steroid dienone is 13. The Morgan fingerprint density at radius 2 is 0.775 bits per heavy atom. The average Bonchev–Trinajstić information content (AvgIpc) is 3.72. The zero-order valence-electron chi connectivity index (χ0n) is 56.6. The summed E-state index contributed by atoms with van der Waals surface area (Å²) in [5, 5.41) is 15.4. The van der Waals surface area contributed by atoms with Gasteiger partial charge in [-0.25, -0.2) is 0 Å². The quantitative estimate of drug-likeness (QED) is 0.179. The van der Waals surface area contributed by atoms with Crippen LogP contribution in [0.3, 0.4) is 0 Å². The number of nitrogens with zero attached hydrogens (tertiary/aromatic N) is 2. The molecule has 4 aliphatic carbocycles. The van der Waals surface area contributed by atoms with E-state index in [0.717, 1.165) is 31.0 Å². The van der Waals surface area contributed by atoms with Crippen LogP contribution in [0, 0.1) is 11.8 Å². The number of thioether (sulfide) groups is 2. The lowest BCUT2D eigenvalue weighted by Gasteiger charge is -2.28. The van der Waals surface area contributed by atoms with Crippen molar-refractivity contribution < 1.29 is 0 Å². The van der Waals surface area contributed by atoms with Gasteiger partial charge in [0, 0.05) is 86.7 Å². The first kappa shape index (κ1) is 75.7. The van der Waals surface area contributed by atoms with Crippen LogP contribution >= 0.6 is 23.5 Å². The summed E-state index contributed by atoms with van der Waals surface area (Å²) in [6, 6.07) is 0.800. The second-order valence-electron chi connectivity index (χ2n) is 25.5. The highest BCUT2D eigenvalue weighted by Gasteiger charge is 2.14. The molecule has 3 atom stereocenters. The van der Waals surface area contributed by atoms with Crippen molar-refractivity contribution in [1.29, 1.82) is 0 Å². The molecule has 1 fully saturated rings. The van der Waals surface area contributed by atoms with Gasteiger partial charge in [-0.05, 0) is 270 Å². The van der Waals surface area contributed by atoms with Crippen LogP contribution in [0.1, 0.15) is 253 Å². The predicted molar refractivity (Wildman–Crippen MR) is 368 cm³/mol. The summed E-state index contributed by atoms with van der Waals surface area (Å²) in [5.41, 5.74) is 23.2. The highest BCUT2D eigenvalue weighted by Crippen LogP contribution is 2.26. The van der Waals surface area contributed by atoms with E-state index in [1.807, 2.05) is 11.8 Å². The Labute approximate surface area is 507 Å². The number of hydrogen-bond donors (Lipinski definition) is 4. The molecule has 8 heteroatoms. The Bertz CT molecular complexity index is 1720. The number of nitrogens with one attached hydrogen (secondary N) is 4. The molecule has 0 aromatic rings. The Morgan fingerprint density at radius 1 is 0.400 bits per heavy atom. The number of rotatable bonds is 0. The molecule has 6 heterocycles. The largest absolute Gasteiger partial charge is 0.389 e. The van der Waals surface area contributed by atoms with Crippen LogP contribution in [-0.2, 0) is 0 Å². The fourth-order valence-electron chi connectivity index (χ4n) is 9.94. The maximum absolute atomic E-state index is 3.31. The molecular weight excluding hydrogens is 1010 g/mol. The van der Waals surface area contributed by atoms with Crippen molar-refractivity contribution in [2.24, 2.45) is 11.8 Å². The van der Waals surface area contributed by atoms with Gasteiger partial charge in [0.15, 0.2) is 0 Å². The minimum Gasteiger partial charge on any atom is -0.389 e. The van der Waals surface area contributed by atoms with Crippen molar-refractivity contribution in [3.8, 4) is 0 Å². The molecule has 0 amide bonds. The Kier molecular flexibility index (Phi) is 43.5. The normalized spacial score (nSPS) is 24.2. The van der Waals surface area contributed by atoms with E-state index >= 15 is 0 Å². The lowest BCUT2D eigenvalue weighted by Crippen LogP contribution is -2.36. The van der Waals surface area contributed by atoms with Gasteiger partial charge in [-0.2, -0.15) is 11.8 Å². The summed E-state index contributed by atoms with van der Waals surface area (Å²) in [4.78, 5) is 4.69. The molecule has 0 saturated carbocycles. The zero-order valence-corrected chi connectivity index (χ0v) is 58.2. The monoisotopic (exact) mass is 1140 g/mol. The molecular formula is C72H132N6S2. The molecule has 0 aromatic carbocycles.